The van der Waals surface area contributed by atoms with Gasteiger partial charge in [0, 0.05) is 16.8 Å². The van der Waals surface area contributed by atoms with E-state index in [1.54, 1.807) is 6.07 Å². The molecule has 4 rings (SSSR count). The van der Waals surface area contributed by atoms with E-state index in [9.17, 15) is 19.6 Å². The average molecular weight is 480 g/mol. The van der Waals surface area contributed by atoms with Crippen molar-refractivity contribution in [2.24, 2.45) is 0 Å². The van der Waals surface area contributed by atoms with E-state index < -0.39 is 23.9 Å². The van der Waals surface area contributed by atoms with Crippen LogP contribution in [0, 0.1) is 11.3 Å². The van der Waals surface area contributed by atoms with E-state index in [1.165, 1.54) is 18.3 Å². The normalized spacial score (nSPS) is 13.9. The molecule has 0 fully saturated rings. The molecule has 3 N–H and O–H groups in total. The van der Waals surface area contributed by atoms with E-state index in [0.717, 1.165) is 48.1 Å². The van der Waals surface area contributed by atoms with Crippen LogP contribution in [-0.4, -0.2) is 40.6 Å². The average Bonchev–Trinajstić information content (AvgIpc) is 3.32. The Morgan fingerprint density at radius 2 is 2.03 bits per heavy atom. The molecule has 10 heteroatoms. The van der Waals surface area contributed by atoms with Crippen molar-refractivity contribution in [1.82, 2.24) is 15.5 Å². The van der Waals surface area contributed by atoms with E-state index in [2.05, 4.69) is 26.9 Å². The number of H-pyrrole nitrogens is 1. The van der Waals surface area contributed by atoms with Crippen molar-refractivity contribution in [2.45, 2.75) is 51.6 Å². The Bertz CT molecular complexity index is 1270. The number of hydrogen-bond donors (Lipinski definition) is 3. The molecule has 0 saturated carbocycles. The second kappa shape index (κ2) is 10.5. The number of anilines is 1. The summed E-state index contributed by atoms with van der Waals surface area (Å²) in [4.78, 5) is 38.3. The summed E-state index contributed by atoms with van der Waals surface area (Å²) in [5.41, 5.74) is 2.54. The number of nitrogens with one attached hydrogen (secondary N) is 3. The highest BCUT2D eigenvalue weighted by molar-refractivity contribution is 7.16. The first-order chi connectivity index (χ1) is 16.5. The van der Waals surface area contributed by atoms with Gasteiger partial charge >= 0.3 is 5.97 Å². The number of thiophene rings is 1. The quantitative estimate of drug-likeness (QED) is 0.351. The van der Waals surface area contributed by atoms with Crippen molar-refractivity contribution >= 4 is 45.0 Å². The predicted octanol–water partition coefficient (Wildman–Crippen LogP) is 3.46. The van der Waals surface area contributed by atoms with Gasteiger partial charge in [-0.25, -0.2) is 0 Å². The number of nitrogens with zero attached hydrogens (tertiary/aromatic N) is 2. The maximum atomic E-state index is 12.6. The third kappa shape index (κ3) is 5.10. The first kappa shape index (κ1) is 23.4. The molecule has 1 aromatic carbocycles. The van der Waals surface area contributed by atoms with Crippen molar-refractivity contribution in [3.63, 3.8) is 0 Å². The number of benzene rings is 1. The molecular weight excluding hydrogens is 454 g/mol. The summed E-state index contributed by atoms with van der Waals surface area (Å²) in [5, 5.41) is 23.0. The van der Waals surface area contributed by atoms with E-state index in [4.69, 9.17) is 4.74 Å². The SMILES string of the molecule is CC(OC(=O)CCNC(=O)c1n[nH]c2ccccc12)C(=O)Nc1sc2c(c1C#N)CCCCC2. The van der Waals surface area contributed by atoms with Crippen molar-refractivity contribution in [1.29, 1.82) is 5.26 Å². The Morgan fingerprint density at radius 1 is 1.24 bits per heavy atom. The van der Waals surface area contributed by atoms with Gasteiger partial charge in [-0.05, 0) is 44.2 Å². The minimum Gasteiger partial charge on any atom is -0.452 e. The van der Waals surface area contributed by atoms with Crippen LogP contribution in [-0.2, 0) is 27.2 Å². The topological polar surface area (TPSA) is 137 Å². The van der Waals surface area contributed by atoms with Crippen molar-refractivity contribution in [3.05, 3.63) is 46.0 Å². The van der Waals surface area contributed by atoms with E-state index in [1.807, 2.05) is 18.2 Å². The number of hydrogen-bond acceptors (Lipinski definition) is 7. The van der Waals surface area contributed by atoms with E-state index in [0.29, 0.717) is 16.0 Å². The van der Waals surface area contributed by atoms with Gasteiger partial charge in [0.15, 0.2) is 11.8 Å². The summed E-state index contributed by atoms with van der Waals surface area (Å²) in [6.07, 6.45) is 3.87. The fraction of sp³-hybridized carbons (Fsp3) is 0.375. The highest BCUT2D eigenvalue weighted by Crippen LogP contribution is 2.37. The van der Waals surface area contributed by atoms with Crippen LogP contribution in [0.1, 0.15) is 59.1 Å². The number of esters is 1. The molecule has 9 nitrogen and oxygen atoms in total. The Hall–Kier alpha value is -3.71. The van der Waals surface area contributed by atoms with E-state index in [-0.39, 0.29) is 18.7 Å². The molecule has 0 bridgehead atoms. The number of aromatic nitrogens is 2. The molecule has 3 aromatic rings. The molecule has 0 aliphatic heterocycles. The fourth-order valence-electron chi connectivity index (χ4n) is 3.97. The number of carbonyl (C=O) groups is 3. The van der Waals surface area contributed by atoms with Gasteiger partial charge in [-0.1, -0.05) is 24.6 Å². The summed E-state index contributed by atoms with van der Waals surface area (Å²) in [7, 11) is 0. The number of amides is 2. The van der Waals surface area contributed by atoms with Crippen LogP contribution in [0.3, 0.4) is 0 Å². The number of fused-ring (bicyclic) bond motifs is 2. The van der Waals surface area contributed by atoms with Gasteiger partial charge in [0.1, 0.15) is 11.1 Å². The molecule has 1 aliphatic carbocycles. The van der Waals surface area contributed by atoms with Crippen LogP contribution >= 0.6 is 11.3 Å². The van der Waals surface area contributed by atoms with Gasteiger partial charge in [-0.15, -0.1) is 11.3 Å². The van der Waals surface area contributed by atoms with Gasteiger partial charge in [-0.3, -0.25) is 19.5 Å². The Kier molecular flexibility index (Phi) is 7.23. The summed E-state index contributed by atoms with van der Waals surface area (Å²) in [6.45, 7) is 1.52. The van der Waals surface area contributed by atoms with Crippen molar-refractivity contribution in [3.8, 4) is 6.07 Å². The number of aromatic amines is 1. The van der Waals surface area contributed by atoms with Crippen LogP contribution < -0.4 is 10.6 Å². The molecule has 0 saturated heterocycles. The van der Waals surface area contributed by atoms with Crippen LogP contribution in [0.15, 0.2) is 24.3 Å². The molecular formula is C24H25N5O4S. The zero-order valence-electron chi connectivity index (χ0n) is 18.8. The molecule has 0 radical (unpaired) electrons. The largest absolute Gasteiger partial charge is 0.452 e. The second-order valence-electron chi connectivity index (χ2n) is 8.13. The van der Waals surface area contributed by atoms with Gasteiger partial charge in [0.05, 0.1) is 17.5 Å². The van der Waals surface area contributed by atoms with E-state index >= 15 is 0 Å². The Labute approximate surface area is 200 Å². The summed E-state index contributed by atoms with van der Waals surface area (Å²) < 4.78 is 5.22. The molecule has 34 heavy (non-hydrogen) atoms. The minimum atomic E-state index is -1.04. The lowest BCUT2D eigenvalue weighted by Gasteiger charge is -2.13. The highest BCUT2D eigenvalue weighted by Gasteiger charge is 2.24. The summed E-state index contributed by atoms with van der Waals surface area (Å²) in [6, 6.07) is 9.46. The zero-order chi connectivity index (χ0) is 24.1. The van der Waals surface area contributed by atoms with Gasteiger partial charge < -0.3 is 15.4 Å². The highest BCUT2D eigenvalue weighted by atomic mass is 32.1. The number of rotatable bonds is 7. The van der Waals surface area contributed by atoms with Crippen LogP contribution in [0.25, 0.3) is 10.9 Å². The van der Waals surface area contributed by atoms with Gasteiger partial charge in [0.25, 0.3) is 11.8 Å². The fourth-order valence-corrected chi connectivity index (χ4v) is 5.21. The lowest BCUT2D eigenvalue weighted by atomic mass is 10.1. The molecule has 2 amide bonds. The zero-order valence-corrected chi connectivity index (χ0v) is 19.6. The van der Waals surface area contributed by atoms with Crippen LogP contribution in [0.4, 0.5) is 5.00 Å². The number of aryl methyl sites for hydroxylation is 1. The Morgan fingerprint density at radius 3 is 2.85 bits per heavy atom. The molecule has 176 valence electrons. The summed E-state index contributed by atoms with van der Waals surface area (Å²) in [5.74, 6) is -1.51. The first-order valence-corrected chi connectivity index (χ1v) is 12.1. The minimum absolute atomic E-state index is 0.0451. The third-order valence-electron chi connectivity index (χ3n) is 5.75. The molecule has 2 aromatic heterocycles. The van der Waals surface area contributed by atoms with Crippen molar-refractivity contribution < 1.29 is 19.1 Å². The molecule has 1 unspecified atom stereocenters. The third-order valence-corrected chi connectivity index (χ3v) is 6.95. The lowest BCUT2D eigenvalue weighted by molar-refractivity contribution is -0.153. The molecule has 1 aliphatic rings. The maximum Gasteiger partial charge on any atom is 0.308 e. The maximum absolute atomic E-state index is 12.6. The lowest BCUT2D eigenvalue weighted by Crippen LogP contribution is -2.32. The molecule has 0 spiro atoms. The summed E-state index contributed by atoms with van der Waals surface area (Å²) >= 11 is 1.43. The van der Waals surface area contributed by atoms with Gasteiger partial charge in [0.2, 0.25) is 0 Å². The second-order valence-corrected chi connectivity index (χ2v) is 9.23. The number of carbonyl (C=O) groups excluding carboxylic acids is 3. The molecule has 2 heterocycles. The smallest absolute Gasteiger partial charge is 0.308 e. The van der Waals surface area contributed by atoms with Crippen LogP contribution in [0.5, 0.6) is 0 Å². The standard InChI is InChI=1S/C24H25N5O4S/c1-14(22(31)27-24-17(13-25)15-7-3-2-4-10-19(15)34-24)33-20(30)11-12-26-23(32)21-16-8-5-6-9-18(16)28-29-21/h5-6,8-9,14H,2-4,7,10-12H2,1H3,(H,26,32)(H,27,31)(H,28,29). The number of para-hydroxylation sites is 1. The van der Waals surface area contributed by atoms with Crippen LogP contribution in [0.2, 0.25) is 0 Å². The Balaban J connectivity index is 1.27. The first-order valence-electron chi connectivity index (χ1n) is 11.2. The number of ether oxygens (including phenoxy) is 1. The molecule has 1 atom stereocenters. The predicted molar refractivity (Wildman–Crippen MR) is 128 cm³/mol. The number of nitriles is 1. The van der Waals surface area contributed by atoms with Gasteiger partial charge in [-0.2, -0.15) is 10.4 Å². The monoisotopic (exact) mass is 479 g/mol. The van der Waals surface area contributed by atoms with Crippen molar-refractivity contribution in [2.75, 3.05) is 11.9 Å².